The predicted octanol–water partition coefficient (Wildman–Crippen LogP) is 4.20. The number of hydrogen-bond donors (Lipinski definition) is 1. The van der Waals surface area contributed by atoms with Crippen molar-refractivity contribution in [2.24, 2.45) is 0 Å². The Balaban J connectivity index is 1.26. The second-order valence-electron chi connectivity index (χ2n) is 12.1. The van der Waals surface area contributed by atoms with Gasteiger partial charge in [-0.2, -0.15) is 15.2 Å². The third-order valence-corrected chi connectivity index (χ3v) is 9.51. The summed E-state index contributed by atoms with van der Waals surface area (Å²) >= 11 is 0. The van der Waals surface area contributed by atoms with E-state index in [1.54, 1.807) is 0 Å². The lowest BCUT2D eigenvalue weighted by atomic mass is 9.99. The van der Waals surface area contributed by atoms with Gasteiger partial charge in [-0.05, 0) is 69.6 Å². The molecule has 1 aliphatic carbocycles. The van der Waals surface area contributed by atoms with Crippen molar-refractivity contribution in [1.29, 1.82) is 5.26 Å². The number of ether oxygens (including phenoxy) is 1. The Bertz CT molecular complexity index is 1460. The van der Waals surface area contributed by atoms with E-state index in [1.165, 1.54) is 40.4 Å². The summed E-state index contributed by atoms with van der Waals surface area (Å²) in [6, 6.07) is 16.6. The highest BCUT2D eigenvalue weighted by molar-refractivity contribution is 5.97. The van der Waals surface area contributed by atoms with Gasteiger partial charge in [-0.15, -0.1) is 0 Å². The molecule has 0 amide bonds. The number of nitriles is 1. The molecule has 2 saturated heterocycles. The highest BCUT2D eigenvalue weighted by atomic mass is 16.5. The zero-order valence-corrected chi connectivity index (χ0v) is 23.7. The minimum atomic E-state index is -0.162. The summed E-state index contributed by atoms with van der Waals surface area (Å²) in [7, 11) is 2.22. The van der Waals surface area contributed by atoms with Crippen LogP contribution >= 0.6 is 0 Å². The van der Waals surface area contributed by atoms with Crippen molar-refractivity contribution in [1.82, 2.24) is 20.2 Å². The number of rotatable bonds is 6. The van der Waals surface area contributed by atoms with E-state index in [0.29, 0.717) is 18.5 Å². The van der Waals surface area contributed by atoms with Crippen molar-refractivity contribution in [3.05, 3.63) is 53.2 Å². The lowest BCUT2D eigenvalue weighted by molar-refractivity contribution is 0.0759. The van der Waals surface area contributed by atoms with Crippen molar-refractivity contribution < 1.29 is 4.74 Å². The van der Waals surface area contributed by atoms with Gasteiger partial charge in [0.1, 0.15) is 11.4 Å². The third kappa shape index (κ3) is 4.55. The molecule has 0 radical (unpaired) electrons. The normalized spacial score (nSPS) is 24.1. The first-order valence-corrected chi connectivity index (χ1v) is 14.9. The molecular formula is C32H39N7O. The average molecular weight is 538 g/mol. The van der Waals surface area contributed by atoms with Crippen molar-refractivity contribution >= 4 is 22.3 Å². The van der Waals surface area contributed by atoms with Crippen LogP contribution in [-0.2, 0) is 13.0 Å². The minimum absolute atomic E-state index is 0.148. The van der Waals surface area contributed by atoms with E-state index in [1.807, 2.05) is 0 Å². The molecule has 1 saturated carbocycles. The zero-order chi connectivity index (χ0) is 27.3. The van der Waals surface area contributed by atoms with Crippen LogP contribution in [0.4, 0.5) is 11.5 Å². The maximum absolute atomic E-state index is 9.34. The molecule has 0 bridgehead atoms. The molecule has 8 nitrogen and oxygen atoms in total. The van der Waals surface area contributed by atoms with Gasteiger partial charge >= 0.3 is 6.01 Å². The number of nitrogens with one attached hydrogen (secondary N) is 1. The monoisotopic (exact) mass is 537 g/mol. The molecule has 3 aliphatic heterocycles. The summed E-state index contributed by atoms with van der Waals surface area (Å²) in [6.45, 7) is 7.48. The van der Waals surface area contributed by atoms with Crippen molar-refractivity contribution in [3.8, 4) is 12.1 Å². The fourth-order valence-electron chi connectivity index (χ4n) is 7.32. The molecule has 2 unspecified atom stereocenters. The predicted molar refractivity (Wildman–Crippen MR) is 158 cm³/mol. The van der Waals surface area contributed by atoms with E-state index in [0.717, 1.165) is 70.0 Å². The first-order valence-electron chi connectivity index (χ1n) is 14.9. The maximum atomic E-state index is 9.34. The van der Waals surface area contributed by atoms with Crippen LogP contribution in [0.15, 0.2) is 36.4 Å². The van der Waals surface area contributed by atoms with E-state index in [2.05, 4.69) is 76.5 Å². The molecule has 3 fully saturated rings. The molecule has 7 rings (SSSR count). The average Bonchev–Trinajstić information content (AvgIpc) is 3.61. The van der Waals surface area contributed by atoms with Crippen molar-refractivity contribution in [2.45, 2.75) is 69.7 Å². The number of fused-ring (bicyclic) bond motifs is 2. The largest absolute Gasteiger partial charge is 0.455 e. The van der Waals surface area contributed by atoms with Crippen LogP contribution in [0.2, 0.25) is 0 Å². The minimum Gasteiger partial charge on any atom is -0.455 e. The number of nitrogens with zero attached hydrogens (tertiary/aromatic N) is 6. The van der Waals surface area contributed by atoms with Gasteiger partial charge in [0.15, 0.2) is 0 Å². The number of piperazine rings is 1. The van der Waals surface area contributed by atoms with Gasteiger partial charge in [0.2, 0.25) is 0 Å². The fraction of sp³-hybridized carbons (Fsp3) is 0.531. The quantitative estimate of drug-likeness (QED) is 0.501. The molecule has 0 spiro atoms. The Labute approximate surface area is 236 Å². The van der Waals surface area contributed by atoms with Gasteiger partial charge in [-0.25, -0.2) is 0 Å². The van der Waals surface area contributed by atoms with Gasteiger partial charge in [-0.1, -0.05) is 30.3 Å². The summed E-state index contributed by atoms with van der Waals surface area (Å²) in [6.07, 6.45) is 5.92. The number of hydrogen-bond acceptors (Lipinski definition) is 8. The number of likely N-dealkylation sites (tertiary alicyclic amines) is 1. The lowest BCUT2D eigenvalue weighted by Crippen LogP contribution is -2.51. The smallest absolute Gasteiger partial charge is 0.319 e. The molecule has 40 heavy (non-hydrogen) atoms. The van der Waals surface area contributed by atoms with Crippen molar-refractivity contribution in [2.75, 3.05) is 49.6 Å². The van der Waals surface area contributed by atoms with Gasteiger partial charge in [0.25, 0.3) is 0 Å². The third-order valence-electron chi connectivity index (χ3n) is 9.51. The molecule has 2 atom stereocenters. The van der Waals surface area contributed by atoms with Crippen LogP contribution in [0.3, 0.4) is 0 Å². The van der Waals surface area contributed by atoms with Crippen LogP contribution in [0.5, 0.6) is 6.01 Å². The summed E-state index contributed by atoms with van der Waals surface area (Å²) < 4.78 is 6.79. The fourth-order valence-corrected chi connectivity index (χ4v) is 7.32. The molecule has 4 aliphatic rings. The Kier molecular flexibility index (Phi) is 6.52. The van der Waals surface area contributed by atoms with Crippen LogP contribution in [0.25, 0.3) is 10.8 Å². The van der Waals surface area contributed by atoms with Gasteiger partial charge < -0.3 is 19.9 Å². The maximum Gasteiger partial charge on any atom is 0.319 e. The Morgan fingerprint density at radius 3 is 2.73 bits per heavy atom. The SMILES string of the molecule is Cc1cccc2cccc(N3CCc4c(nc(OC5(C6CCCN6C)CC5)nc4N4CCNC(CC#N)C4)C3)c12. The zero-order valence-electron chi connectivity index (χ0n) is 23.7. The van der Waals surface area contributed by atoms with E-state index < -0.39 is 0 Å². The number of likely N-dealkylation sites (N-methyl/N-ethyl adjacent to an activating group) is 1. The van der Waals surface area contributed by atoms with Gasteiger partial charge in [-0.3, -0.25) is 4.90 Å². The number of benzene rings is 2. The Hall–Kier alpha value is -3.41. The number of aromatic nitrogens is 2. The molecule has 1 aromatic heterocycles. The summed E-state index contributed by atoms with van der Waals surface area (Å²) in [4.78, 5) is 17.6. The second-order valence-corrected chi connectivity index (χ2v) is 12.1. The number of aryl methyl sites for hydroxylation is 1. The standard InChI is InChI=1S/C32H39N7O/c1-22-6-3-7-23-8-4-9-27(29(22)23)38-18-12-25-26(21-38)35-31(40-32(13-14-32)28-10-5-17-37(28)2)36-30(25)39-19-16-34-24(20-39)11-15-33/h3-4,6-9,24,28,34H,5,10-14,16-21H2,1-2H3. The molecule has 4 heterocycles. The topological polar surface area (TPSA) is 80.6 Å². The highest BCUT2D eigenvalue weighted by Crippen LogP contribution is 2.48. The summed E-state index contributed by atoms with van der Waals surface area (Å²) in [5, 5.41) is 15.4. The number of anilines is 2. The van der Waals surface area contributed by atoms with E-state index >= 15 is 0 Å². The van der Waals surface area contributed by atoms with E-state index in [4.69, 9.17) is 14.7 Å². The Morgan fingerprint density at radius 1 is 1.10 bits per heavy atom. The van der Waals surface area contributed by atoms with E-state index in [9.17, 15) is 5.26 Å². The molecule has 2 aromatic carbocycles. The summed E-state index contributed by atoms with van der Waals surface area (Å²) in [5.74, 6) is 1.01. The molecule has 8 heteroatoms. The highest BCUT2D eigenvalue weighted by Gasteiger charge is 2.55. The van der Waals surface area contributed by atoms with Gasteiger partial charge in [0.05, 0.1) is 24.7 Å². The molecule has 1 N–H and O–H groups in total. The molecular weight excluding hydrogens is 498 g/mol. The van der Waals surface area contributed by atoms with Crippen LogP contribution in [-0.4, -0.2) is 72.3 Å². The van der Waals surface area contributed by atoms with Crippen LogP contribution in [0, 0.1) is 18.3 Å². The van der Waals surface area contributed by atoms with Crippen LogP contribution < -0.4 is 19.9 Å². The summed E-state index contributed by atoms with van der Waals surface area (Å²) in [5.41, 5.74) is 4.71. The molecule has 208 valence electrons. The van der Waals surface area contributed by atoms with Crippen LogP contribution in [0.1, 0.15) is 48.9 Å². The molecule has 3 aromatic rings. The van der Waals surface area contributed by atoms with Crippen molar-refractivity contribution in [3.63, 3.8) is 0 Å². The van der Waals surface area contributed by atoms with E-state index in [-0.39, 0.29) is 11.6 Å². The second kappa shape index (κ2) is 10.2. The first-order chi connectivity index (χ1) is 19.5. The van der Waals surface area contributed by atoms with Gasteiger partial charge in [0, 0.05) is 54.9 Å². The lowest BCUT2D eigenvalue weighted by Gasteiger charge is -2.38. The first kappa shape index (κ1) is 25.6. The Morgan fingerprint density at radius 2 is 1.95 bits per heavy atom.